The lowest BCUT2D eigenvalue weighted by Gasteiger charge is -2.28. The largest absolute Gasteiger partial charge is 0.367 e. The van der Waals surface area contributed by atoms with Crippen LogP contribution < -0.4 is 0 Å². The van der Waals surface area contributed by atoms with Crippen molar-refractivity contribution in [3.8, 4) is 0 Å². The normalized spacial score (nSPS) is 21.5. The van der Waals surface area contributed by atoms with Crippen LogP contribution in [0.1, 0.15) is 69.0 Å². The minimum Gasteiger partial charge on any atom is -0.367 e. The topological polar surface area (TPSA) is 35.0 Å². The fourth-order valence-corrected chi connectivity index (χ4v) is 3.87. The molecule has 0 spiro atoms. The third-order valence-corrected chi connectivity index (χ3v) is 4.93. The second-order valence-electron chi connectivity index (χ2n) is 5.96. The number of aryl methyl sites for hydroxylation is 1. The molecule has 20 heavy (non-hydrogen) atoms. The summed E-state index contributed by atoms with van der Waals surface area (Å²) in [6.07, 6.45) is 10.2. The van der Waals surface area contributed by atoms with Gasteiger partial charge in [0.25, 0.3) is 0 Å². The van der Waals surface area contributed by atoms with E-state index in [1.165, 1.54) is 43.4 Å². The SMILES string of the molecule is CCOC1(c2nc(Cl)c3c(n2)CCCCC3)CCCC1. The highest BCUT2D eigenvalue weighted by Crippen LogP contribution is 2.41. The van der Waals surface area contributed by atoms with E-state index >= 15 is 0 Å². The van der Waals surface area contributed by atoms with Crippen LogP contribution in [0, 0.1) is 0 Å². The lowest BCUT2D eigenvalue weighted by molar-refractivity contribution is -0.0458. The maximum atomic E-state index is 6.45. The molecule has 110 valence electrons. The molecule has 3 nitrogen and oxygen atoms in total. The van der Waals surface area contributed by atoms with Gasteiger partial charge in [-0.1, -0.05) is 18.0 Å². The van der Waals surface area contributed by atoms with E-state index < -0.39 is 0 Å². The summed E-state index contributed by atoms with van der Waals surface area (Å²) in [5.74, 6) is 0.836. The number of halogens is 1. The molecule has 1 aromatic rings. The van der Waals surface area contributed by atoms with Crippen LogP contribution >= 0.6 is 11.6 Å². The number of fused-ring (bicyclic) bond motifs is 1. The van der Waals surface area contributed by atoms with Crippen molar-refractivity contribution in [1.82, 2.24) is 9.97 Å². The number of aromatic nitrogens is 2. The van der Waals surface area contributed by atoms with Crippen molar-refractivity contribution in [2.75, 3.05) is 6.61 Å². The summed E-state index contributed by atoms with van der Waals surface area (Å²) < 4.78 is 6.07. The van der Waals surface area contributed by atoms with Crippen LogP contribution in [0.3, 0.4) is 0 Å². The predicted molar refractivity (Wildman–Crippen MR) is 80.1 cm³/mol. The van der Waals surface area contributed by atoms with Crippen LogP contribution in [0.2, 0.25) is 5.15 Å². The van der Waals surface area contributed by atoms with Gasteiger partial charge in [-0.2, -0.15) is 0 Å². The minimum atomic E-state index is -0.278. The zero-order valence-electron chi connectivity index (χ0n) is 12.3. The molecule has 3 rings (SSSR count). The van der Waals surface area contributed by atoms with Crippen LogP contribution in [0.25, 0.3) is 0 Å². The van der Waals surface area contributed by atoms with E-state index in [9.17, 15) is 0 Å². The molecule has 2 aliphatic rings. The van der Waals surface area contributed by atoms with Gasteiger partial charge in [0.05, 0.1) is 0 Å². The second-order valence-corrected chi connectivity index (χ2v) is 6.32. The first-order valence-electron chi connectivity index (χ1n) is 7.95. The van der Waals surface area contributed by atoms with Crippen LogP contribution in [0.4, 0.5) is 0 Å². The molecular weight excluding hydrogens is 272 g/mol. The summed E-state index contributed by atoms with van der Waals surface area (Å²) in [6.45, 7) is 2.75. The Morgan fingerprint density at radius 3 is 2.55 bits per heavy atom. The fraction of sp³-hybridized carbons (Fsp3) is 0.750. The molecule has 1 saturated carbocycles. The van der Waals surface area contributed by atoms with Gasteiger partial charge in [0.1, 0.15) is 10.8 Å². The van der Waals surface area contributed by atoms with Crippen molar-refractivity contribution in [3.05, 3.63) is 22.2 Å². The van der Waals surface area contributed by atoms with Gasteiger partial charge in [-0.15, -0.1) is 0 Å². The third-order valence-electron chi connectivity index (χ3n) is 4.62. The first-order chi connectivity index (χ1) is 9.75. The standard InChI is InChI=1S/C16H23ClN2O/c1-2-20-16(10-6-7-11-16)15-18-13-9-5-3-4-8-12(13)14(17)19-15/h2-11H2,1H3. The van der Waals surface area contributed by atoms with E-state index in [0.29, 0.717) is 11.8 Å². The third kappa shape index (κ3) is 2.58. The molecule has 0 radical (unpaired) electrons. The first-order valence-corrected chi connectivity index (χ1v) is 8.33. The van der Waals surface area contributed by atoms with E-state index in [1.54, 1.807) is 0 Å². The Balaban J connectivity index is 2.01. The zero-order chi connectivity index (χ0) is 14.0. The van der Waals surface area contributed by atoms with Crippen molar-refractivity contribution in [1.29, 1.82) is 0 Å². The lowest BCUT2D eigenvalue weighted by Crippen LogP contribution is -2.29. The van der Waals surface area contributed by atoms with Crippen molar-refractivity contribution in [3.63, 3.8) is 0 Å². The molecule has 0 N–H and O–H groups in total. The highest BCUT2D eigenvalue weighted by Gasteiger charge is 2.40. The molecule has 1 aromatic heterocycles. The molecule has 0 atom stereocenters. The zero-order valence-corrected chi connectivity index (χ0v) is 13.0. The molecule has 1 fully saturated rings. The van der Waals surface area contributed by atoms with Crippen LogP contribution in [-0.4, -0.2) is 16.6 Å². The molecule has 0 unspecified atom stereocenters. The minimum absolute atomic E-state index is 0.278. The monoisotopic (exact) mass is 294 g/mol. The molecule has 1 heterocycles. The molecule has 0 amide bonds. The molecule has 4 heteroatoms. The summed E-state index contributed by atoms with van der Waals surface area (Å²) in [6, 6.07) is 0. The van der Waals surface area contributed by atoms with Crippen LogP contribution in [-0.2, 0) is 23.2 Å². The van der Waals surface area contributed by atoms with Gasteiger partial charge in [0.2, 0.25) is 0 Å². The molecule has 0 bridgehead atoms. The van der Waals surface area contributed by atoms with E-state index in [1.807, 2.05) is 6.92 Å². The Bertz CT molecular complexity index is 484. The predicted octanol–water partition coefficient (Wildman–Crippen LogP) is 4.20. The number of hydrogen-bond acceptors (Lipinski definition) is 3. The highest BCUT2D eigenvalue weighted by atomic mass is 35.5. The molecule has 0 saturated heterocycles. The highest BCUT2D eigenvalue weighted by molar-refractivity contribution is 6.30. The van der Waals surface area contributed by atoms with Crippen molar-refractivity contribution >= 4 is 11.6 Å². The van der Waals surface area contributed by atoms with Gasteiger partial charge < -0.3 is 4.74 Å². The average Bonchev–Trinajstić information content (AvgIpc) is 2.78. The fourth-order valence-electron chi connectivity index (χ4n) is 3.58. The molecule has 0 aromatic carbocycles. The number of ether oxygens (including phenoxy) is 1. The van der Waals surface area contributed by atoms with Gasteiger partial charge in [-0.05, 0) is 58.3 Å². The van der Waals surface area contributed by atoms with E-state index in [4.69, 9.17) is 21.3 Å². The Labute approximate surface area is 126 Å². The van der Waals surface area contributed by atoms with Gasteiger partial charge in [0, 0.05) is 17.9 Å². The smallest absolute Gasteiger partial charge is 0.162 e. The Morgan fingerprint density at radius 1 is 1.05 bits per heavy atom. The maximum Gasteiger partial charge on any atom is 0.162 e. The first kappa shape index (κ1) is 14.3. The second kappa shape index (κ2) is 5.98. The van der Waals surface area contributed by atoms with Gasteiger partial charge in [-0.3, -0.25) is 0 Å². The van der Waals surface area contributed by atoms with E-state index in [-0.39, 0.29) is 5.60 Å². The van der Waals surface area contributed by atoms with Gasteiger partial charge in [0.15, 0.2) is 5.82 Å². The van der Waals surface area contributed by atoms with Crippen molar-refractivity contribution in [2.45, 2.75) is 70.3 Å². The van der Waals surface area contributed by atoms with Crippen LogP contribution in [0.5, 0.6) is 0 Å². The molecule has 0 aliphatic heterocycles. The quantitative estimate of drug-likeness (QED) is 0.619. The van der Waals surface area contributed by atoms with Gasteiger partial charge in [-0.25, -0.2) is 9.97 Å². The molecular formula is C16H23ClN2O. The number of rotatable bonds is 3. The van der Waals surface area contributed by atoms with Crippen molar-refractivity contribution in [2.24, 2.45) is 0 Å². The molecule has 2 aliphatic carbocycles. The Hall–Kier alpha value is -0.670. The van der Waals surface area contributed by atoms with Crippen LogP contribution in [0.15, 0.2) is 0 Å². The Morgan fingerprint density at radius 2 is 1.80 bits per heavy atom. The summed E-state index contributed by atoms with van der Waals surface area (Å²) >= 11 is 6.45. The lowest BCUT2D eigenvalue weighted by atomic mass is 10.00. The summed E-state index contributed by atoms with van der Waals surface area (Å²) in [5, 5.41) is 0.665. The number of nitrogens with zero attached hydrogens (tertiary/aromatic N) is 2. The summed E-state index contributed by atoms with van der Waals surface area (Å²) in [4.78, 5) is 9.52. The van der Waals surface area contributed by atoms with E-state index in [0.717, 1.165) is 31.5 Å². The van der Waals surface area contributed by atoms with E-state index in [2.05, 4.69) is 4.98 Å². The summed E-state index contributed by atoms with van der Waals surface area (Å²) in [5.41, 5.74) is 2.07. The maximum absolute atomic E-state index is 6.45. The summed E-state index contributed by atoms with van der Waals surface area (Å²) in [7, 11) is 0. The van der Waals surface area contributed by atoms with Crippen molar-refractivity contribution < 1.29 is 4.74 Å². The average molecular weight is 295 g/mol. The number of hydrogen-bond donors (Lipinski definition) is 0. The Kier molecular flexibility index (Phi) is 4.27. The van der Waals surface area contributed by atoms with Gasteiger partial charge >= 0.3 is 0 Å².